The van der Waals surface area contributed by atoms with Gasteiger partial charge in [-0.25, -0.2) is 0 Å². The Morgan fingerprint density at radius 1 is 0.842 bits per heavy atom. The Labute approximate surface area is 119 Å². The zero-order valence-corrected chi connectivity index (χ0v) is 12.8. The van der Waals surface area contributed by atoms with Gasteiger partial charge in [-0.1, -0.05) is 71.1 Å². The molecule has 3 nitrogen and oxygen atoms in total. The lowest BCUT2D eigenvalue weighted by molar-refractivity contribution is -0.121. The van der Waals surface area contributed by atoms with Crippen LogP contribution in [0, 0.1) is 0 Å². The van der Waals surface area contributed by atoms with Crippen LogP contribution in [-0.2, 0) is 4.79 Å². The fourth-order valence-corrected chi connectivity index (χ4v) is 2.23. The normalized spacial score (nSPS) is 10.6. The van der Waals surface area contributed by atoms with Crippen LogP contribution in [-0.4, -0.2) is 24.2 Å². The first-order chi connectivity index (χ1) is 9.31. The first kappa shape index (κ1) is 18.4. The molecular weight excluding hydrogens is 238 g/mol. The molecule has 0 rings (SSSR count). The van der Waals surface area contributed by atoms with Crippen LogP contribution in [0.1, 0.15) is 84.0 Å². The summed E-state index contributed by atoms with van der Waals surface area (Å²) in [4.78, 5) is 11.2. The minimum Gasteiger partial charge on any atom is -0.395 e. The highest BCUT2D eigenvalue weighted by Crippen LogP contribution is 2.11. The van der Waals surface area contributed by atoms with E-state index in [2.05, 4.69) is 12.2 Å². The number of carbonyl (C=O) groups is 1. The summed E-state index contributed by atoms with van der Waals surface area (Å²) in [5.41, 5.74) is 0. The van der Waals surface area contributed by atoms with Gasteiger partial charge in [-0.05, 0) is 6.42 Å². The predicted octanol–water partition coefficient (Wildman–Crippen LogP) is 3.80. The molecule has 0 aliphatic heterocycles. The Bertz CT molecular complexity index is 195. The number of rotatable bonds is 14. The molecule has 2 N–H and O–H groups in total. The van der Waals surface area contributed by atoms with Crippen molar-refractivity contribution in [3.8, 4) is 0 Å². The zero-order valence-electron chi connectivity index (χ0n) is 12.8. The molecule has 0 bridgehead atoms. The average molecular weight is 271 g/mol. The van der Waals surface area contributed by atoms with Crippen molar-refractivity contribution in [1.82, 2.24) is 5.32 Å². The third-order valence-electron chi connectivity index (χ3n) is 3.44. The monoisotopic (exact) mass is 271 g/mol. The molecule has 114 valence electrons. The number of carbonyl (C=O) groups excluding carboxylic acids is 1. The first-order valence-corrected chi connectivity index (χ1v) is 8.18. The number of unbranched alkanes of at least 4 members (excludes halogenated alkanes) is 10. The van der Waals surface area contributed by atoms with E-state index in [1.807, 2.05) is 0 Å². The second-order valence-electron chi connectivity index (χ2n) is 5.36. The number of hydrogen-bond acceptors (Lipinski definition) is 2. The maximum absolute atomic E-state index is 11.2. The molecule has 1 amide bonds. The van der Waals surface area contributed by atoms with Crippen LogP contribution in [0.15, 0.2) is 0 Å². The SMILES string of the molecule is CCCCCCCCCCCCCC(=O)NCCO. The van der Waals surface area contributed by atoms with E-state index in [1.165, 1.54) is 57.8 Å². The Morgan fingerprint density at radius 2 is 1.32 bits per heavy atom. The predicted molar refractivity (Wildman–Crippen MR) is 81.2 cm³/mol. The summed E-state index contributed by atoms with van der Waals surface area (Å²) in [7, 11) is 0. The molecule has 0 aromatic carbocycles. The van der Waals surface area contributed by atoms with E-state index in [-0.39, 0.29) is 12.5 Å². The van der Waals surface area contributed by atoms with Gasteiger partial charge in [0.2, 0.25) is 5.91 Å². The molecule has 0 aliphatic rings. The highest BCUT2D eigenvalue weighted by Gasteiger charge is 1.99. The maximum atomic E-state index is 11.2. The molecule has 0 aliphatic carbocycles. The van der Waals surface area contributed by atoms with Crippen LogP contribution in [0.2, 0.25) is 0 Å². The number of aliphatic hydroxyl groups excluding tert-OH is 1. The molecule has 19 heavy (non-hydrogen) atoms. The van der Waals surface area contributed by atoms with Gasteiger partial charge >= 0.3 is 0 Å². The van der Waals surface area contributed by atoms with Crippen LogP contribution >= 0.6 is 0 Å². The molecule has 0 aromatic rings. The quantitative estimate of drug-likeness (QED) is 0.472. The second-order valence-corrected chi connectivity index (χ2v) is 5.36. The van der Waals surface area contributed by atoms with Crippen molar-refractivity contribution in [3.05, 3.63) is 0 Å². The van der Waals surface area contributed by atoms with Crippen molar-refractivity contribution in [1.29, 1.82) is 0 Å². The summed E-state index contributed by atoms with van der Waals surface area (Å²) in [6.07, 6.45) is 14.9. The largest absolute Gasteiger partial charge is 0.395 e. The fourth-order valence-electron chi connectivity index (χ4n) is 2.23. The van der Waals surface area contributed by atoms with Crippen molar-refractivity contribution in [2.24, 2.45) is 0 Å². The molecule has 0 saturated carbocycles. The van der Waals surface area contributed by atoms with Crippen LogP contribution < -0.4 is 5.32 Å². The summed E-state index contributed by atoms with van der Waals surface area (Å²) in [5, 5.41) is 11.2. The molecule has 0 atom stereocenters. The number of amides is 1. The molecule has 0 aromatic heterocycles. The minimum atomic E-state index is 0.0317. The second kappa shape index (κ2) is 15.5. The van der Waals surface area contributed by atoms with Crippen LogP contribution in [0.5, 0.6) is 0 Å². The van der Waals surface area contributed by atoms with Crippen LogP contribution in [0.4, 0.5) is 0 Å². The van der Waals surface area contributed by atoms with Gasteiger partial charge in [0.15, 0.2) is 0 Å². The average Bonchev–Trinajstić information content (AvgIpc) is 2.42. The van der Waals surface area contributed by atoms with E-state index in [1.54, 1.807) is 0 Å². The van der Waals surface area contributed by atoms with Crippen molar-refractivity contribution in [2.45, 2.75) is 84.0 Å². The Kier molecular flexibility index (Phi) is 15.0. The summed E-state index contributed by atoms with van der Waals surface area (Å²) in [6, 6.07) is 0. The highest BCUT2D eigenvalue weighted by atomic mass is 16.3. The number of nitrogens with one attached hydrogen (secondary N) is 1. The lowest BCUT2D eigenvalue weighted by Crippen LogP contribution is -2.25. The number of aliphatic hydroxyl groups is 1. The standard InChI is InChI=1S/C16H33NO2/c1-2-3-4-5-6-7-8-9-10-11-12-13-16(19)17-14-15-18/h18H,2-15H2,1H3,(H,17,19). The summed E-state index contributed by atoms with van der Waals surface area (Å²) < 4.78 is 0. The van der Waals surface area contributed by atoms with Gasteiger partial charge in [0.25, 0.3) is 0 Å². The van der Waals surface area contributed by atoms with Gasteiger partial charge in [0.1, 0.15) is 0 Å². The van der Waals surface area contributed by atoms with Crippen molar-refractivity contribution >= 4 is 5.91 Å². The molecule has 0 unspecified atom stereocenters. The molecule has 0 fully saturated rings. The Hall–Kier alpha value is -0.570. The van der Waals surface area contributed by atoms with E-state index in [9.17, 15) is 4.79 Å². The molecule has 0 radical (unpaired) electrons. The molecule has 0 saturated heterocycles. The summed E-state index contributed by atoms with van der Waals surface area (Å²) >= 11 is 0. The lowest BCUT2D eigenvalue weighted by atomic mass is 10.1. The van der Waals surface area contributed by atoms with Crippen molar-refractivity contribution < 1.29 is 9.90 Å². The number of hydrogen-bond donors (Lipinski definition) is 2. The van der Waals surface area contributed by atoms with E-state index in [4.69, 9.17) is 5.11 Å². The molecule has 3 heteroatoms. The van der Waals surface area contributed by atoms with E-state index >= 15 is 0 Å². The Balaban J connectivity index is 3.04. The van der Waals surface area contributed by atoms with E-state index in [0.717, 1.165) is 12.8 Å². The smallest absolute Gasteiger partial charge is 0.220 e. The third kappa shape index (κ3) is 15.4. The van der Waals surface area contributed by atoms with Crippen molar-refractivity contribution in [2.75, 3.05) is 13.2 Å². The summed E-state index contributed by atoms with van der Waals surface area (Å²) in [6.45, 7) is 2.67. The Morgan fingerprint density at radius 3 is 1.79 bits per heavy atom. The fraction of sp³-hybridized carbons (Fsp3) is 0.938. The van der Waals surface area contributed by atoms with Gasteiger partial charge in [0, 0.05) is 13.0 Å². The van der Waals surface area contributed by atoms with Gasteiger partial charge < -0.3 is 10.4 Å². The van der Waals surface area contributed by atoms with Gasteiger partial charge in [0.05, 0.1) is 6.61 Å². The van der Waals surface area contributed by atoms with Gasteiger partial charge in [-0.15, -0.1) is 0 Å². The van der Waals surface area contributed by atoms with Gasteiger partial charge in [-0.2, -0.15) is 0 Å². The topological polar surface area (TPSA) is 49.3 Å². The molecular formula is C16H33NO2. The van der Waals surface area contributed by atoms with Crippen LogP contribution in [0.3, 0.4) is 0 Å². The lowest BCUT2D eigenvalue weighted by Gasteiger charge is -2.04. The zero-order chi connectivity index (χ0) is 14.2. The molecule has 0 spiro atoms. The van der Waals surface area contributed by atoms with Crippen LogP contribution in [0.25, 0.3) is 0 Å². The maximum Gasteiger partial charge on any atom is 0.220 e. The molecule has 0 heterocycles. The van der Waals surface area contributed by atoms with Gasteiger partial charge in [-0.3, -0.25) is 4.79 Å². The van der Waals surface area contributed by atoms with E-state index < -0.39 is 0 Å². The summed E-state index contributed by atoms with van der Waals surface area (Å²) in [5.74, 6) is 0.0741. The minimum absolute atomic E-state index is 0.0317. The third-order valence-corrected chi connectivity index (χ3v) is 3.44. The highest BCUT2D eigenvalue weighted by molar-refractivity contribution is 5.75. The first-order valence-electron chi connectivity index (χ1n) is 8.18. The van der Waals surface area contributed by atoms with E-state index in [0.29, 0.717) is 13.0 Å². The van der Waals surface area contributed by atoms with Crippen molar-refractivity contribution in [3.63, 3.8) is 0 Å².